The van der Waals surface area contributed by atoms with Crippen LogP contribution >= 0.6 is 0 Å². The number of anilines is 1. The molecule has 0 saturated carbocycles. The standard InChI is InChI=1S/C20H22N2O6/c1-26-17-10-13(20(25)27-2)5-7-16(17)21-19(24)14-4-3-9-22(11-14)18-8-6-15(12-23)28-18/h3-5,7,9-11,15,18,23H,6,8,12H2,1-2H3/p+1. The molecule has 2 atom stereocenters. The van der Waals surface area contributed by atoms with Gasteiger partial charge in [-0.05, 0) is 30.7 Å². The van der Waals surface area contributed by atoms with Gasteiger partial charge in [-0.15, -0.1) is 0 Å². The molecule has 0 bridgehead atoms. The van der Waals surface area contributed by atoms with Crippen molar-refractivity contribution < 1.29 is 33.5 Å². The van der Waals surface area contributed by atoms with E-state index >= 15 is 0 Å². The smallest absolute Gasteiger partial charge is 0.337 e. The summed E-state index contributed by atoms with van der Waals surface area (Å²) in [5.74, 6) is -0.460. The van der Waals surface area contributed by atoms with Crippen molar-refractivity contribution in [3.05, 3.63) is 53.9 Å². The Hall–Kier alpha value is -2.97. The topological polar surface area (TPSA) is 98.0 Å². The fourth-order valence-corrected chi connectivity index (χ4v) is 3.08. The number of hydrogen-bond donors (Lipinski definition) is 2. The molecule has 2 aromatic rings. The van der Waals surface area contributed by atoms with Crippen molar-refractivity contribution in [2.75, 3.05) is 26.1 Å². The van der Waals surface area contributed by atoms with Crippen LogP contribution in [-0.4, -0.2) is 43.9 Å². The normalized spacial score (nSPS) is 18.5. The average molecular weight is 387 g/mol. The van der Waals surface area contributed by atoms with Crippen molar-refractivity contribution in [1.29, 1.82) is 0 Å². The van der Waals surface area contributed by atoms with E-state index < -0.39 is 5.97 Å². The van der Waals surface area contributed by atoms with E-state index in [4.69, 9.17) is 14.2 Å². The van der Waals surface area contributed by atoms with E-state index in [0.717, 1.165) is 12.8 Å². The third-order valence-corrected chi connectivity index (χ3v) is 4.58. The quantitative estimate of drug-likeness (QED) is 0.578. The number of nitrogens with one attached hydrogen (secondary N) is 1. The van der Waals surface area contributed by atoms with Gasteiger partial charge in [0.05, 0.1) is 38.2 Å². The number of carbonyl (C=O) groups excluding carboxylic acids is 2. The second kappa shape index (κ2) is 8.81. The molecule has 148 valence electrons. The largest absolute Gasteiger partial charge is 0.495 e. The summed E-state index contributed by atoms with van der Waals surface area (Å²) in [5, 5.41) is 12.0. The number of carbonyl (C=O) groups is 2. The van der Waals surface area contributed by atoms with E-state index in [2.05, 4.69) is 5.32 Å². The Bertz CT molecular complexity index is 870. The maximum atomic E-state index is 12.7. The molecule has 2 heterocycles. The summed E-state index contributed by atoms with van der Waals surface area (Å²) in [6, 6.07) is 8.11. The number of aliphatic hydroxyl groups excluding tert-OH is 1. The predicted octanol–water partition coefficient (Wildman–Crippen LogP) is 1.69. The third-order valence-electron chi connectivity index (χ3n) is 4.58. The third kappa shape index (κ3) is 4.29. The van der Waals surface area contributed by atoms with Gasteiger partial charge in [-0.2, -0.15) is 4.57 Å². The highest BCUT2D eigenvalue weighted by molar-refractivity contribution is 6.05. The Kier molecular flexibility index (Phi) is 6.23. The molecule has 3 rings (SSSR count). The maximum absolute atomic E-state index is 12.7. The van der Waals surface area contributed by atoms with E-state index in [0.29, 0.717) is 22.6 Å². The number of pyridine rings is 1. The fraction of sp³-hybridized carbons (Fsp3) is 0.350. The van der Waals surface area contributed by atoms with Crippen LogP contribution in [-0.2, 0) is 9.47 Å². The van der Waals surface area contributed by atoms with Gasteiger partial charge in [-0.1, -0.05) is 0 Å². The first-order chi connectivity index (χ1) is 13.5. The van der Waals surface area contributed by atoms with Crippen LogP contribution in [0.1, 0.15) is 39.8 Å². The summed E-state index contributed by atoms with van der Waals surface area (Å²) in [7, 11) is 2.75. The number of aliphatic hydroxyl groups is 1. The summed E-state index contributed by atoms with van der Waals surface area (Å²) in [4.78, 5) is 24.3. The summed E-state index contributed by atoms with van der Waals surface area (Å²) in [6.45, 7) is -0.0153. The van der Waals surface area contributed by atoms with E-state index in [9.17, 15) is 14.7 Å². The molecule has 1 aromatic carbocycles. The number of ether oxygens (including phenoxy) is 3. The van der Waals surface area contributed by atoms with Crippen molar-refractivity contribution in [3.63, 3.8) is 0 Å². The molecular weight excluding hydrogens is 364 g/mol. The Labute approximate surface area is 162 Å². The lowest BCUT2D eigenvalue weighted by atomic mass is 10.1. The summed E-state index contributed by atoms with van der Waals surface area (Å²) < 4.78 is 17.5. The SMILES string of the molecule is COC(=O)c1ccc(NC(=O)c2ccc[n+](C3CCC(CO)O3)c2)c(OC)c1. The number of nitrogens with zero attached hydrogens (tertiary/aromatic N) is 1. The second-order valence-electron chi connectivity index (χ2n) is 6.37. The maximum Gasteiger partial charge on any atom is 0.337 e. The Morgan fingerprint density at radius 3 is 2.75 bits per heavy atom. The second-order valence-corrected chi connectivity index (χ2v) is 6.37. The molecule has 8 nitrogen and oxygen atoms in total. The van der Waals surface area contributed by atoms with Gasteiger partial charge in [0.1, 0.15) is 11.3 Å². The average Bonchev–Trinajstić information content (AvgIpc) is 3.23. The first-order valence-electron chi connectivity index (χ1n) is 8.90. The lowest BCUT2D eigenvalue weighted by Crippen LogP contribution is -2.40. The molecular formula is C20H23N2O6+. The highest BCUT2D eigenvalue weighted by Crippen LogP contribution is 2.27. The summed E-state index contributed by atoms with van der Waals surface area (Å²) in [6.07, 6.45) is 4.69. The van der Waals surface area contributed by atoms with E-state index in [1.165, 1.54) is 20.3 Å². The molecule has 1 amide bonds. The van der Waals surface area contributed by atoms with Gasteiger partial charge < -0.3 is 24.6 Å². The van der Waals surface area contributed by atoms with Crippen molar-refractivity contribution in [1.82, 2.24) is 0 Å². The molecule has 1 aliphatic heterocycles. The summed E-state index contributed by atoms with van der Waals surface area (Å²) in [5.41, 5.74) is 1.21. The van der Waals surface area contributed by atoms with E-state index in [1.54, 1.807) is 30.5 Å². The molecule has 0 aliphatic carbocycles. The van der Waals surface area contributed by atoms with Crippen LogP contribution in [0.15, 0.2) is 42.7 Å². The number of methoxy groups -OCH3 is 2. The van der Waals surface area contributed by atoms with Crippen LogP contribution in [0.3, 0.4) is 0 Å². The Morgan fingerprint density at radius 1 is 1.25 bits per heavy atom. The minimum atomic E-state index is -0.488. The van der Waals surface area contributed by atoms with Crippen LogP contribution in [0, 0.1) is 0 Å². The minimum Gasteiger partial charge on any atom is -0.495 e. The van der Waals surface area contributed by atoms with Crippen LogP contribution in [0.2, 0.25) is 0 Å². The van der Waals surface area contributed by atoms with Crippen LogP contribution in [0.4, 0.5) is 5.69 Å². The molecule has 0 spiro atoms. The van der Waals surface area contributed by atoms with Gasteiger partial charge in [-0.25, -0.2) is 4.79 Å². The lowest BCUT2D eigenvalue weighted by molar-refractivity contribution is -0.759. The molecule has 1 fully saturated rings. The summed E-state index contributed by atoms with van der Waals surface area (Å²) >= 11 is 0. The molecule has 2 unspecified atom stereocenters. The number of amides is 1. The zero-order valence-corrected chi connectivity index (χ0v) is 15.8. The predicted molar refractivity (Wildman–Crippen MR) is 99.2 cm³/mol. The van der Waals surface area contributed by atoms with Gasteiger partial charge >= 0.3 is 5.97 Å². The number of esters is 1. The fourth-order valence-electron chi connectivity index (χ4n) is 3.08. The van der Waals surface area contributed by atoms with Crippen LogP contribution < -0.4 is 14.6 Å². The highest BCUT2D eigenvalue weighted by atomic mass is 16.5. The molecule has 0 radical (unpaired) electrons. The number of benzene rings is 1. The minimum absolute atomic E-state index is 0.0153. The Balaban J connectivity index is 1.76. The first kappa shape index (κ1) is 19.8. The highest BCUT2D eigenvalue weighted by Gasteiger charge is 2.31. The molecule has 1 saturated heterocycles. The van der Waals surface area contributed by atoms with Crippen molar-refractivity contribution in [2.45, 2.75) is 25.2 Å². The van der Waals surface area contributed by atoms with Gasteiger partial charge in [0.25, 0.3) is 12.1 Å². The van der Waals surface area contributed by atoms with Crippen molar-refractivity contribution in [2.24, 2.45) is 0 Å². The molecule has 1 aromatic heterocycles. The van der Waals surface area contributed by atoms with E-state index in [1.807, 2.05) is 10.8 Å². The van der Waals surface area contributed by atoms with Gasteiger partial charge in [-0.3, -0.25) is 4.79 Å². The molecule has 28 heavy (non-hydrogen) atoms. The zero-order chi connectivity index (χ0) is 20.1. The van der Waals surface area contributed by atoms with Crippen LogP contribution in [0.5, 0.6) is 5.75 Å². The van der Waals surface area contributed by atoms with Gasteiger partial charge in [0.2, 0.25) is 0 Å². The molecule has 1 aliphatic rings. The molecule has 8 heteroatoms. The Morgan fingerprint density at radius 2 is 2.07 bits per heavy atom. The van der Waals surface area contributed by atoms with Gasteiger partial charge in [0.15, 0.2) is 12.4 Å². The van der Waals surface area contributed by atoms with Crippen LogP contribution in [0.25, 0.3) is 0 Å². The molecule has 2 N–H and O–H groups in total. The van der Waals surface area contributed by atoms with E-state index in [-0.39, 0.29) is 24.8 Å². The number of rotatable bonds is 6. The van der Waals surface area contributed by atoms with Crippen molar-refractivity contribution in [3.8, 4) is 5.75 Å². The van der Waals surface area contributed by atoms with Gasteiger partial charge in [0, 0.05) is 12.5 Å². The first-order valence-corrected chi connectivity index (χ1v) is 8.90. The number of aromatic nitrogens is 1. The lowest BCUT2D eigenvalue weighted by Gasteiger charge is -2.12. The zero-order valence-electron chi connectivity index (χ0n) is 15.8. The monoisotopic (exact) mass is 387 g/mol. The number of hydrogen-bond acceptors (Lipinski definition) is 6. The van der Waals surface area contributed by atoms with Crippen molar-refractivity contribution >= 4 is 17.6 Å².